The number of nitrogens with two attached hydrogens (primary N) is 3. The lowest BCUT2D eigenvalue weighted by Crippen LogP contribution is -2.44. The summed E-state index contributed by atoms with van der Waals surface area (Å²) in [5.74, 6) is -1.31. The largest absolute Gasteiger partial charge is 0.396 e. The number of nitrogen functional groups attached to an aromatic ring is 3. The van der Waals surface area contributed by atoms with Crippen molar-refractivity contribution in [2.45, 2.75) is 73.8 Å². The number of hydrogen-bond donors (Lipinski definition) is 7. The fraction of sp³-hybridized carbons (Fsp3) is 0.413. The van der Waals surface area contributed by atoms with E-state index in [4.69, 9.17) is 22.6 Å². The van der Waals surface area contributed by atoms with Crippen molar-refractivity contribution in [3.63, 3.8) is 0 Å². The van der Waals surface area contributed by atoms with E-state index in [-0.39, 0.29) is 22.8 Å². The Morgan fingerprint density at radius 1 is 0.781 bits per heavy atom. The molecule has 6 heterocycles. The molecule has 2 aliphatic rings. The smallest absolute Gasteiger partial charge is 0.314 e. The molecule has 0 bridgehead atoms. The molecule has 0 spiro atoms. The van der Waals surface area contributed by atoms with Gasteiger partial charge in [0.05, 0.1) is 52.1 Å². The number of rotatable bonds is 5. The number of amides is 4. The topological polar surface area (TPSA) is 271 Å². The van der Waals surface area contributed by atoms with E-state index in [1.807, 2.05) is 52.0 Å². The summed E-state index contributed by atoms with van der Waals surface area (Å²) in [5.41, 5.74) is 22.2. The summed E-state index contributed by atoms with van der Waals surface area (Å²) in [6, 6.07) is 16.5. The van der Waals surface area contributed by atoms with Crippen LogP contribution in [-0.2, 0) is 25.7 Å². The average molecular weight is 879 g/mol. The van der Waals surface area contributed by atoms with Crippen LogP contribution >= 0.6 is 0 Å². The van der Waals surface area contributed by atoms with Crippen LogP contribution in [0.15, 0.2) is 67.1 Å². The Morgan fingerprint density at radius 3 is 1.78 bits per heavy atom. The van der Waals surface area contributed by atoms with Crippen LogP contribution in [0.2, 0.25) is 0 Å². The monoisotopic (exact) mass is 879 g/mol. The highest BCUT2D eigenvalue weighted by molar-refractivity contribution is 6.40. The summed E-state index contributed by atoms with van der Waals surface area (Å²) in [4.78, 5) is 66.0. The van der Waals surface area contributed by atoms with Crippen LogP contribution in [0.5, 0.6) is 0 Å². The summed E-state index contributed by atoms with van der Waals surface area (Å²) < 4.78 is 0. The Hall–Kier alpha value is -6.95. The molecule has 0 aliphatic carbocycles. The number of likely N-dealkylation sites (tertiary alicyclic amines) is 2. The number of carbonyl (C=O) groups excluding carboxylic acids is 4. The Bertz CT molecular complexity index is 2280. The van der Waals surface area contributed by atoms with E-state index in [0.29, 0.717) is 60.4 Å². The lowest BCUT2D eigenvalue weighted by Gasteiger charge is -2.30. The highest BCUT2D eigenvalue weighted by Gasteiger charge is 2.28. The molecule has 0 radical (unpaired) electrons. The molecule has 4 aromatic heterocycles. The van der Waals surface area contributed by atoms with Crippen molar-refractivity contribution in [2.24, 2.45) is 11.8 Å². The number of fused-ring (bicyclic) bond motifs is 1. The van der Waals surface area contributed by atoms with Crippen molar-refractivity contribution in [1.82, 2.24) is 39.8 Å². The summed E-state index contributed by atoms with van der Waals surface area (Å²) in [6.07, 6.45) is 9.15. The van der Waals surface area contributed by atoms with E-state index in [1.54, 1.807) is 9.80 Å². The van der Waals surface area contributed by atoms with Gasteiger partial charge in [0, 0.05) is 50.3 Å². The third kappa shape index (κ3) is 15.7. The number of H-pyrrole nitrogens is 1. The Morgan fingerprint density at radius 2 is 1.30 bits per heavy atom. The zero-order chi connectivity index (χ0) is 47.3. The molecule has 18 nitrogen and oxygen atoms in total. The summed E-state index contributed by atoms with van der Waals surface area (Å²) in [7, 11) is 4.15. The van der Waals surface area contributed by atoms with Crippen LogP contribution in [0.3, 0.4) is 0 Å². The van der Waals surface area contributed by atoms with Crippen molar-refractivity contribution in [3.05, 3.63) is 89.6 Å². The van der Waals surface area contributed by atoms with Gasteiger partial charge in [-0.2, -0.15) is 5.10 Å². The molecule has 1 aromatic carbocycles. The maximum Gasteiger partial charge on any atom is 0.314 e. The number of anilines is 5. The van der Waals surface area contributed by atoms with Crippen LogP contribution < -0.4 is 27.8 Å². The van der Waals surface area contributed by atoms with Crippen molar-refractivity contribution >= 4 is 69.4 Å². The minimum absolute atomic E-state index is 0.0988. The van der Waals surface area contributed by atoms with Crippen LogP contribution in [0, 0.1) is 31.1 Å². The van der Waals surface area contributed by atoms with Gasteiger partial charge in [0.2, 0.25) is 0 Å². The third-order valence-corrected chi connectivity index (χ3v) is 9.99. The number of aryl methyl sites for hydroxylation is 2. The highest BCUT2D eigenvalue weighted by atomic mass is 16.2. The predicted molar refractivity (Wildman–Crippen MR) is 255 cm³/mol. The third-order valence-electron chi connectivity index (χ3n) is 9.99. The SMILES string of the molecule is CC.CC1CCCN(C(=O)C(=O)Nc2cnc(N)c(C=N)c2N)C1.CC1CCCN(C(=O)C(=O)Nc2cnc(N)c3cn[nH]c23)C1.CN(C)Cc1ccccc1.Cc1cccc(C)n1. The number of nitrogens with one attached hydrogen (secondary N) is 4. The summed E-state index contributed by atoms with van der Waals surface area (Å²) in [5, 5.41) is 19.5. The fourth-order valence-corrected chi connectivity index (χ4v) is 6.87. The van der Waals surface area contributed by atoms with Gasteiger partial charge < -0.3 is 47.9 Å². The number of pyridine rings is 3. The normalized spacial score (nSPS) is 15.3. The first-order chi connectivity index (χ1) is 30.6. The van der Waals surface area contributed by atoms with Gasteiger partial charge in [-0.05, 0) is 83.2 Å². The van der Waals surface area contributed by atoms with Crippen molar-refractivity contribution in [1.29, 1.82) is 5.41 Å². The number of hydrogen-bond acceptors (Lipinski definition) is 13. The molecule has 2 unspecified atom stereocenters. The van der Waals surface area contributed by atoms with Gasteiger partial charge >= 0.3 is 23.6 Å². The molecule has 2 saturated heterocycles. The minimum Gasteiger partial charge on any atom is -0.396 e. The van der Waals surface area contributed by atoms with E-state index in [9.17, 15) is 19.2 Å². The van der Waals surface area contributed by atoms with Gasteiger partial charge in [-0.3, -0.25) is 29.3 Å². The maximum atomic E-state index is 12.2. The zero-order valence-corrected chi connectivity index (χ0v) is 38.4. The average Bonchev–Trinajstić information content (AvgIpc) is 3.78. The van der Waals surface area contributed by atoms with Crippen LogP contribution in [-0.4, -0.2) is 110 Å². The van der Waals surface area contributed by atoms with Gasteiger partial charge in [0.1, 0.15) is 11.6 Å². The molecule has 0 saturated carbocycles. The highest BCUT2D eigenvalue weighted by Crippen LogP contribution is 2.26. The molecule has 5 aromatic rings. The molecule has 18 heteroatoms. The van der Waals surface area contributed by atoms with Gasteiger partial charge in [-0.1, -0.05) is 64.1 Å². The first kappa shape index (κ1) is 51.4. The number of aromatic amines is 1. The van der Waals surface area contributed by atoms with Gasteiger partial charge in [0.25, 0.3) is 0 Å². The van der Waals surface area contributed by atoms with E-state index >= 15 is 0 Å². The Kier molecular flexibility index (Phi) is 20.8. The molecule has 4 amide bonds. The van der Waals surface area contributed by atoms with Crippen LogP contribution in [0.25, 0.3) is 10.9 Å². The second-order valence-corrected chi connectivity index (χ2v) is 15.8. The second-order valence-electron chi connectivity index (χ2n) is 15.8. The number of piperidine rings is 2. The van der Waals surface area contributed by atoms with Gasteiger partial charge in [-0.25, -0.2) is 9.97 Å². The molecule has 2 atom stereocenters. The standard InChI is InChI=1S/C14H18N6O2.C14H20N6O2.C9H13N.C7H9N.C2H6/c1-8-3-2-4-20(7-8)14(22)13(21)18-10-6-16-12(15)9-5-17-19-11(9)10;1-8-3-2-4-20(7-8)14(22)13(21)19-10-6-18-12(17)9(5-15)11(10)16;1-10(2)8-9-6-4-3-5-7-9;1-6-4-3-5-7(2)8-6;1-2/h5-6,8H,2-4,7H2,1H3,(H2,15,16)(H,17,19)(H,18,21);5-6,8,15H,2-4,7H2,1H3,(H,19,21)(H4,16,17,18);3-7H,8H2,1-2H3;3-5H,1-2H3;1-2H3. The summed E-state index contributed by atoms with van der Waals surface area (Å²) >= 11 is 0. The molecular formula is C46H66N14O4. The van der Waals surface area contributed by atoms with Crippen molar-refractivity contribution in [3.8, 4) is 0 Å². The van der Waals surface area contributed by atoms with E-state index in [1.165, 1.54) is 24.2 Å². The molecule has 10 N–H and O–H groups in total. The number of nitrogens with zero attached hydrogens (tertiary/aromatic N) is 7. The van der Waals surface area contributed by atoms with E-state index in [0.717, 1.165) is 49.8 Å². The molecule has 2 fully saturated rings. The van der Waals surface area contributed by atoms with Crippen molar-refractivity contribution in [2.75, 3.05) is 68.1 Å². The first-order valence-electron chi connectivity index (χ1n) is 21.5. The van der Waals surface area contributed by atoms with Crippen LogP contribution in [0.4, 0.5) is 28.7 Å². The van der Waals surface area contributed by atoms with Gasteiger partial charge in [0.15, 0.2) is 0 Å². The Labute approximate surface area is 376 Å². The minimum atomic E-state index is -0.761. The molecule has 64 heavy (non-hydrogen) atoms. The number of carbonyl (C=O) groups is 4. The molecule has 2 aliphatic heterocycles. The zero-order valence-electron chi connectivity index (χ0n) is 38.4. The van der Waals surface area contributed by atoms with Gasteiger partial charge in [-0.15, -0.1) is 0 Å². The molecule has 7 rings (SSSR count). The molecular weight excluding hydrogens is 813 g/mol. The maximum absolute atomic E-state index is 12.2. The number of aromatic nitrogens is 5. The Balaban J connectivity index is 0.000000241. The molecule has 344 valence electrons. The quantitative estimate of drug-likeness (QED) is 0.0834. The van der Waals surface area contributed by atoms with Crippen molar-refractivity contribution < 1.29 is 19.2 Å². The second kappa shape index (κ2) is 25.9. The van der Waals surface area contributed by atoms with E-state index in [2.05, 4.69) is 92.9 Å². The lowest BCUT2D eigenvalue weighted by molar-refractivity contribution is -0.144. The first-order valence-corrected chi connectivity index (χ1v) is 21.5. The van der Waals surface area contributed by atoms with Crippen LogP contribution in [0.1, 0.15) is 75.9 Å². The predicted octanol–water partition coefficient (Wildman–Crippen LogP) is 5.65. The summed E-state index contributed by atoms with van der Waals surface area (Å²) in [6.45, 7) is 15.5. The lowest BCUT2D eigenvalue weighted by atomic mass is 10.0. The fourth-order valence-electron chi connectivity index (χ4n) is 6.87. The van der Waals surface area contributed by atoms with E-state index < -0.39 is 23.6 Å². The number of benzene rings is 1.